The Morgan fingerprint density at radius 3 is 2.04 bits per heavy atom. The summed E-state index contributed by atoms with van der Waals surface area (Å²) in [6.45, 7) is -0.377. The molecule has 3 N–H and O–H groups in total. The number of nitrogens with one attached hydrogen (secondary N) is 2. The largest absolute Gasteiger partial charge is 0.480 e. The molecule has 0 spiro atoms. The number of carboxylic acid groups (broad SMARTS) is 1. The first-order valence-corrected chi connectivity index (χ1v) is 9.81. The van der Waals surface area contributed by atoms with E-state index in [1.165, 1.54) is 19.3 Å². The van der Waals surface area contributed by atoms with Crippen LogP contribution in [0.5, 0.6) is 0 Å². The molecule has 0 saturated heterocycles. The fourth-order valence-corrected chi connectivity index (χ4v) is 5.78. The first-order valence-electron chi connectivity index (χ1n) is 9.81. The van der Waals surface area contributed by atoms with Crippen molar-refractivity contribution < 1.29 is 19.5 Å². The van der Waals surface area contributed by atoms with Gasteiger partial charge >= 0.3 is 5.97 Å². The number of amides is 2. The standard InChI is InChI=1S/C21H26N2O4/c24-18(22-12-19(25)26)8-13-1-3-17(4-2-13)23-20(27)21-9-14-5-15(10-21)7-16(6-14)11-21/h1-4,14-16H,5-12H2,(H,22,24)(H,23,27)(H,25,26). The van der Waals surface area contributed by atoms with Crippen molar-refractivity contribution in [1.82, 2.24) is 5.32 Å². The van der Waals surface area contributed by atoms with Crippen molar-refractivity contribution in [1.29, 1.82) is 0 Å². The van der Waals surface area contributed by atoms with E-state index in [0.717, 1.165) is 48.3 Å². The van der Waals surface area contributed by atoms with E-state index in [1.807, 2.05) is 12.1 Å². The predicted molar refractivity (Wildman–Crippen MR) is 100 cm³/mol. The Bertz CT molecular complexity index is 721. The molecule has 4 saturated carbocycles. The molecular formula is C21H26N2O4. The van der Waals surface area contributed by atoms with Gasteiger partial charge in [0.15, 0.2) is 0 Å². The minimum Gasteiger partial charge on any atom is -0.480 e. The molecule has 4 aliphatic rings. The fourth-order valence-electron chi connectivity index (χ4n) is 5.78. The minimum absolute atomic E-state index is 0.122. The molecule has 4 bridgehead atoms. The Morgan fingerprint density at radius 1 is 0.963 bits per heavy atom. The van der Waals surface area contributed by atoms with Crippen LogP contribution in [-0.2, 0) is 20.8 Å². The zero-order valence-electron chi connectivity index (χ0n) is 15.4. The first-order chi connectivity index (χ1) is 12.9. The van der Waals surface area contributed by atoms with Crippen molar-refractivity contribution in [2.24, 2.45) is 23.2 Å². The second-order valence-corrected chi connectivity index (χ2v) is 8.70. The maximum absolute atomic E-state index is 13.0. The normalized spacial score (nSPS) is 30.7. The van der Waals surface area contributed by atoms with Crippen LogP contribution in [-0.4, -0.2) is 29.4 Å². The highest BCUT2D eigenvalue weighted by Gasteiger charge is 2.54. The van der Waals surface area contributed by atoms with Crippen molar-refractivity contribution in [2.45, 2.75) is 44.9 Å². The number of hydrogen-bond donors (Lipinski definition) is 3. The zero-order chi connectivity index (χ0) is 19.0. The molecule has 5 rings (SSSR count). The molecule has 0 unspecified atom stereocenters. The van der Waals surface area contributed by atoms with E-state index >= 15 is 0 Å². The molecular weight excluding hydrogens is 344 g/mol. The number of benzene rings is 1. The summed E-state index contributed by atoms with van der Waals surface area (Å²) in [5, 5.41) is 14.0. The van der Waals surface area contributed by atoms with Crippen LogP contribution in [0.25, 0.3) is 0 Å². The van der Waals surface area contributed by atoms with Crippen LogP contribution in [0.15, 0.2) is 24.3 Å². The quantitative estimate of drug-likeness (QED) is 0.717. The highest BCUT2D eigenvalue weighted by Crippen LogP contribution is 2.60. The van der Waals surface area contributed by atoms with E-state index in [0.29, 0.717) is 0 Å². The summed E-state index contributed by atoms with van der Waals surface area (Å²) in [5.74, 6) is 0.957. The molecule has 4 fully saturated rings. The van der Waals surface area contributed by atoms with Gasteiger partial charge in [0.1, 0.15) is 6.54 Å². The van der Waals surface area contributed by atoms with Gasteiger partial charge in [-0.05, 0) is 74.0 Å². The van der Waals surface area contributed by atoms with Gasteiger partial charge in [-0.25, -0.2) is 0 Å². The van der Waals surface area contributed by atoms with Gasteiger partial charge in [0.25, 0.3) is 0 Å². The number of aliphatic carboxylic acids is 1. The third-order valence-electron chi connectivity index (χ3n) is 6.53. The van der Waals surface area contributed by atoms with Crippen LogP contribution in [0.1, 0.15) is 44.1 Å². The Morgan fingerprint density at radius 2 is 1.52 bits per heavy atom. The van der Waals surface area contributed by atoms with Crippen molar-refractivity contribution in [3.8, 4) is 0 Å². The van der Waals surface area contributed by atoms with Crippen LogP contribution >= 0.6 is 0 Å². The van der Waals surface area contributed by atoms with Crippen LogP contribution < -0.4 is 10.6 Å². The van der Waals surface area contributed by atoms with E-state index in [9.17, 15) is 14.4 Å². The maximum atomic E-state index is 13.0. The smallest absolute Gasteiger partial charge is 0.322 e. The third-order valence-corrected chi connectivity index (χ3v) is 6.53. The van der Waals surface area contributed by atoms with E-state index in [-0.39, 0.29) is 30.2 Å². The van der Waals surface area contributed by atoms with E-state index in [4.69, 9.17) is 5.11 Å². The van der Waals surface area contributed by atoms with E-state index in [2.05, 4.69) is 10.6 Å². The lowest BCUT2D eigenvalue weighted by molar-refractivity contribution is -0.140. The monoisotopic (exact) mass is 370 g/mol. The molecule has 0 atom stereocenters. The molecule has 4 aliphatic carbocycles. The molecule has 0 heterocycles. The molecule has 1 aromatic carbocycles. The summed E-state index contributed by atoms with van der Waals surface area (Å²) in [6, 6.07) is 7.24. The van der Waals surface area contributed by atoms with Crippen molar-refractivity contribution in [3.05, 3.63) is 29.8 Å². The van der Waals surface area contributed by atoms with Gasteiger partial charge in [-0.1, -0.05) is 12.1 Å². The van der Waals surface area contributed by atoms with Gasteiger partial charge in [-0.15, -0.1) is 0 Å². The molecule has 0 aromatic heterocycles. The van der Waals surface area contributed by atoms with Crippen LogP contribution in [0.2, 0.25) is 0 Å². The Kier molecular flexibility index (Phi) is 4.66. The van der Waals surface area contributed by atoms with E-state index in [1.54, 1.807) is 12.1 Å². The van der Waals surface area contributed by atoms with Crippen LogP contribution in [0.4, 0.5) is 5.69 Å². The van der Waals surface area contributed by atoms with Gasteiger partial charge in [-0.3, -0.25) is 14.4 Å². The summed E-state index contributed by atoms with van der Waals surface area (Å²) in [7, 11) is 0. The Balaban J connectivity index is 1.35. The lowest BCUT2D eigenvalue weighted by Crippen LogP contribution is -2.51. The lowest BCUT2D eigenvalue weighted by Gasteiger charge is -2.55. The van der Waals surface area contributed by atoms with Crippen LogP contribution in [0, 0.1) is 23.2 Å². The van der Waals surface area contributed by atoms with Gasteiger partial charge in [-0.2, -0.15) is 0 Å². The molecule has 27 heavy (non-hydrogen) atoms. The average Bonchev–Trinajstić information content (AvgIpc) is 2.60. The summed E-state index contributed by atoms with van der Waals surface area (Å²) >= 11 is 0. The molecule has 0 aliphatic heterocycles. The molecule has 6 nitrogen and oxygen atoms in total. The second kappa shape index (κ2) is 6.98. The second-order valence-electron chi connectivity index (χ2n) is 8.70. The number of carbonyl (C=O) groups excluding carboxylic acids is 2. The summed E-state index contributed by atoms with van der Waals surface area (Å²) in [4.78, 5) is 35.2. The third kappa shape index (κ3) is 3.84. The van der Waals surface area contributed by atoms with E-state index < -0.39 is 5.97 Å². The lowest BCUT2D eigenvalue weighted by atomic mass is 9.49. The maximum Gasteiger partial charge on any atom is 0.322 e. The molecule has 6 heteroatoms. The van der Waals surface area contributed by atoms with Crippen molar-refractivity contribution in [2.75, 3.05) is 11.9 Å². The van der Waals surface area contributed by atoms with Crippen molar-refractivity contribution in [3.63, 3.8) is 0 Å². The number of carboxylic acids is 1. The van der Waals surface area contributed by atoms with Gasteiger partial charge in [0.2, 0.25) is 11.8 Å². The molecule has 144 valence electrons. The van der Waals surface area contributed by atoms with Crippen molar-refractivity contribution >= 4 is 23.5 Å². The SMILES string of the molecule is O=C(O)CNC(=O)Cc1ccc(NC(=O)C23CC4CC(CC(C4)C2)C3)cc1. The van der Waals surface area contributed by atoms with Gasteiger partial charge in [0.05, 0.1) is 11.8 Å². The topological polar surface area (TPSA) is 95.5 Å². The van der Waals surface area contributed by atoms with Crippen LogP contribution in [0.3, 0.4) is 0 Å². The number of anilines is 1. The molecule has 1 aromatic rings. The summed E-state index contributed by atoms with van der Waals surface area (Å²) in [5.41, 5.74) is 1.36. The highest BCUT2D eigenvalue weighted by molar-refractivity contribution is 5.95. The summed E-state index contributed by atoms with van der Waals surface area (Å²) in [6.07, 6.45) is 7.16. The Labute approximate surface area is 158 Å². The average molecular weight is 370 g/mol. The first kappa shape index (κ1) is 18.0. The zero-order valence-corrected chi connectivity index (χ0v) is 15.4. The number of carbonyl (C=O) groups is 3. The van der Waals surface area contributed by atoms with Gasteiger partial charge in [0, 0.05) is 5.69 Å². The fraction of sp³-hybridized carbons (Fsp3) is 0.571. The number of hydrogen-bond acceptors (Lipinski definition) is 3. The highest BCUT2D eigenvalue weighted by atomic mass is 16.4. The molecule has 2 amide bonds. The summed E-state index contributed by atoms with van der Waals surface area (Å²) < 4.78 is 0. The molecule has 0 radical (unpaired) electrons. The number of rotatable bonds is 6. The predicted octanol–water partition coefficient (Wildman–Crippen LogP) is 2.58. The Hall–Kier alpha value is -2.37. The minimum atomic E-state index is -1.06. The van der Waals surface area contributed by atoms with Gasteiger partial charge < -0.3 is 15.7 Å².